The predicted octanol–water partition coefficient (Wildman–Crippen LogP) is 3.83. The smallest absolute Gasteiger partial charge is 0.127 e. The zero-order valence-corrected chi connectivity index (χ0v) is 9.47. The number of hydrogen-bond donors (Lipinski definition) is 0. The fourth-order valence-corrected chi connectivity index (χ4v) is 1.43. The molecule has 0 bridgehead atoms. The summed E-state index contributed by atoms with van der Waals surface area (Å²) in [5, 5.41) is 0. The van der Waals surface area contributed by atoms with Gasteiger partial charge in [-0.25, -0.2) is 4.99 Å². The van der Waals surface area contributed by atoms with Crippen molar-refractivity contribution in [2.75, 3.05) is 0 Å². The minimum absolute atomic E-state index is 0.606. The number of nitrogens with zero attached hydrogens (tertiary/aromatic N) is 1. The molecule has 0 aliphatic rings. The average molecular weight is 223 g/mol. The van der Waals surface area contributed by atoms with Crippen LogP contribution >= 0.6 is 0 Å². The van der Waals surface area contributed by atoms with E-state index >= 15 is 0 Å². The third-order valence-electron chi connectivity index (χ3n) is 2.28. The zero-order valence-electron chi connectivity index (χ0n) is 9.47. The highest BCUT2D eigenvalue weighted by atomic mass is 16.5. The molecule has 0 saturated heterocycles. The first-order valence-electron chi connectivity index (χ1n) is 5.39. The molecule has 0 heterocycles. The normalized spacial score (nSPS) is 9.41. The Hall–Kier alpha value is -2.31. The molecule has 2 heteroatoms. The van der Waals surface area contributed by atoms with Crippen molar-refractivity contribution in [2.24, 2.45) is 4.99 Å². The molecule has 0 saturated carbocycles. The summed E-state index contributed by atoms with van der Waals surface area (Å²) in [5.41, 5.74) is 1.11. The molecule has 0 aliphatic carbocycles. The van der Waals surface area contributed by atoms with Gasteiger partial charge in [-0.15, -0.1) is 0 Å². The molecule has 0 fully saturated rings. The molecule has 0 aromatic heterocycles. The highest BCUT2D eigenvalue weighted by Crippen LogP contribution is 2.21. The van der Waals surface area contributed by atoms with Crippen LogP contribution in [0.1, 0.15) is 5.56 Å². The Labute approximate surface area is 101 Å². The average Bonchev–Trinajstić information content (AvgIpc) is 2.39. The maximum Gasteiger partial charge on any atom is 0.127 e. The highest BCUT2D eigenvalue weighted by molar-refractivity contribution is 5.46. The minimum atomic E-state index is 0.606. The first kappa shape index (κ1) is 11.2. The fraction of sp³-hybridized carbons (Fsp3) is 0.0667. The van der Waals surface area contributed by atoms with E-state index in [4.69, 9.17) is 4.74 Å². The van der Waals surface area contributed by atoms with Crippen LogP contribution in [-0.2, 0) is 6.54 Å². The molecular formula is C15H13NO. The van der Waals surface area contributed by atoms with E-state index in [-0.39, 0.29) is 0 Å². The Morgan fingerprint density at radius 1 is 0.941 bits per heavy atom. The molecular weight excluding hydrogens is 210 g/mol. The molecule has 17 heavy (non-hydrogen) atoms. The lowest BCUT2D eigenvalue weighted by molar-refractivity contribution is 0.482. The van der Waals surface area contributed by atoms with Crippen LogP contribution in [0.15, 0.2) is 66.2 Å². The van der Waals surface area contributed by atoms with Gasteiger partial charge in [-0.3, -0.25) is 0 Å². The fourth-order valence-electron chi connectivity index (χ4n) is 1.43. The van der Waals surface area contributed by atoms with Gasteiger partial charge in [-0.2, -0.15) is 0 Å². The first-order valence-corrected chi connectivity index (χ1v) is 5.39. The monoisotopic (exact) mass is 223 g/mol. The summed E-state index contributed by atoms with van der Waals surface area (Å²) in [4.78, 5) is 3.95. The van der Waals surface area contributed by atoms with Crippen LogP contribution in [0.5, 0.6) is 11.5 Å². The van der Waals surface area contributed by atoms with Gasteiger partial charge in [0.05, 0.1) is 6.54 Å². The van der Waals surface area contributed by atoms with E-state index in [1.165, 1.54) is 0 Å². The molecule has 2 aromatic rings. The van der Waals surface area contributed by atoms with Crippen LogP contribution in [0.3, 0.4) is 0 Å². The van der Waals surface area contributed by atoms with Crippen LogP contribution in [-0.4, -0.2) is 5.87 Å². The van der Waals surface area contributed by atoms with Crippen LogP contribution < -0.4 is 4.74 Å². The molecule has 0 N–H and O–H groups in total. The molecule has 0 amide bonds. The van der Waals surface area contributed by atoms with E-state index in [2.05, 4.69) is 17.4 Å². The predicted molar refractivity (Wildman–Crippen MR) is 69.7 cm³/mol. The lowest BCUT2D eigenvalue weighted by atomic mass is 10.2. The van der Waals surface area contributed by atoms with Gasteiger partial charge in [0.25, 0.3) is 0 Å². The SMILES string of the molecule is C=C=NCc1ccc(Oc2ccccc2)cc1. The molecule has 2 nitrogen and oxygen atoms in total. The number of aliphatic imine (C=N–C) groups is 1. The highest BCUT2D eigenvalue weighted by Gasteiger charge is 1.96. The van der Waals surface area contributed by atoms with Crippen molar-refractivity contribution in [3.05, 3.63) is 66.7 Å². The van der Waals surface area contributed by atoms with E-state index in [1.807, 2.05) is 54.6 Å². The van der Waals surface area contributed by atoms with Crippen molar-refractivity contribution >= 4 is 5.87 Å². The van der Waals surface area contributed by atoms with E-state index < -0.39 is 0 Å². The van der Waals surface area contributed by atoms with Crippen LogP contribution in [0.25, 0.3) is 0 Å². The second-order valence-corrected chi connectivity index (χ2v) is 3.53. The van der Waals surface area contributed by atoms with E-state index in [0.717, 1.165) is 17.1 Å². The van der Waals surface area contributed by atoms with Gasteiger partial charge in [-0.1, -0.05) is 30.3 Å². The minimum Gasteiger partial charge on any atom is -0.457 e. The zero-order chi connectivity index (χ0) is 11.9. The summed E-state index contributed by atoms with van der Waals surface area (Å²) in [7, 11) is 0. The summed E-state index contributed by atoms with van der Waals surface area (Å²) in [6, 6.07) is 17.5. The molecule has 2 rings (SSSR count). The molecule has 0 unspecified atom stereocenters. The number of para-hydroxylation sites is 1. The molecule has 0 radical (unpaired) electrons. The standard InChI is InChI=1S/C15H13NO/c1-2-16-12-13-8-10-15(11-9-13)17-14-6-4-3-5-7-14/h3-11H,1,12H2. The number of benzene rings is 2. The lowest BCUT2D eigenvalue weighted by Crippen LogP contribution is -1.85. The van der Waals surface area contributed by atoms with Crippen LogP contribution in [0, 0.1) is 0 Å². The van der Waals surface area contributed by atoms with Crippen molar-refractivity contribution in [3.8, 4) is 11.5 Å². The molecule has 0 atom stereocenters. The lowest BCUT2D eigenvalue weighted by Gasteiger charge is -2.05. The summed E-state index contributed by atoms with van der Waals surface area (Å²) in [6.07, 6.45) is 0. The van der Waals surface area contributed by atoms with Gasteiger partial charge < -0.3 is 4.74 Å². The summed E-state index contributed by atoms with van der Waals surface area (Å²) >= 11 is 0. The summed E-state index contributed by atoms with van der Waals surface area (Å²) in [6.45, 7) is 4.04. The van der Waals surface area contributed by atoms with Crippen molar-refractivity contribution in [1.29, 1.82) is 0 Å². The van der Waals surface area contributed by atoms with E-state index in [0.29, 0.717) is 6.54 Å². The topological polar surface area (TPSA) is 21.6 Å². The molecule has 0 spiro atoms. The molecule has 2 aromatic carbocycles. The number of ether oxygens (including phenoxy) is 1. The Morgan fingerprint density at radius 2 is 1.59 bits per heavy atom. The summed E-state index contributed by atoms with van der Waals surface area (Å²) in [5.74, 6) is 4.17. The number of hydrogen-bond acceptors (Lipinski definition) is 2. The van der Waals surface area contributed by atoms with Crippen molar-refractivity contribution in [1.82, 2.24) is 0 Å². The van der Waals surface area contributed by atoms with Crippen molar-refractivity contribution in [3.63, 3.8) is 0 Å². The maximum absolute atomic E-state index is 5.68. The Kier molecular flexibility index (Phi) is 3.74. The second-order valence-electron chi connectivity index (χ2n) is 3.53. The first-order chi connectivity index (χ1) is 8.38. The van der Waals surface area contributed by atoms with Gasteiger partial charge in [0, 0.05) is 0 Å². The van der Waals surface area contributed by atoms with Crippen LogP contribution in [0.4, 0.5) is 0 Å². The van der Waals surface area contributed by atoms with E-state index in [9.17, 15) is 0 Å². The van der Waals surface area contributed by atoms with Gasteiger partial charge >= 0.3 is 0 Å². The quantitative estimate of drug-likeness (QED) is 0.722. The Bertz CT molecular complexity index is 510. The second kappa shape index (κ2) is 5.69. The molecule has 0 aliphatic heterocycles. The Balaban J connectivity index is 2.05. The number of rotatable bonds is 4. The van der Waals surface area contributed by atoms with Gasteiger partial charge in [0.15, 0.2) is 0 Å². The van der Waals surface area contributed by atoms with Gasteiger partial charge in [0.2, 0.25) is 0 Å². The third-order valence-corrected chi connectivity index (χ3v) is 2.28. The third kappa shape index (κ3) is 3.33. The Morgan fingerprint density at radius 3 is 2.24 bits per heavy atom. The van der Waals surface area contributed by atoms with E-state index in [1.54, 1.807) is 0 Å². The van der Waals surface area contributed by atoms with Crippen molar-refractivity contribution < 1.29 is 4.74 Å². The van der Waals surface area contributed by atoms with Gasteiger partial charge in [-0.05, 0) is 42.3 Å². The van der Waals surface area contributed by atoms with Gasteiger partial charge in [0.1, 0.15) is 11.5 Å². The van der Waals surface area contributed by atoms with Crippen LogP contribution in [0.2, 0.25) is 0 Å². The maximum atomic E-state index is 5.68. The van der Waals surface area contributed by atoms with Crippen molar-refractivity contribution in [2.45, 2.75) is 6.54 Å². The molecule has 84 valence electrons. The summed E-state index contributed by atoms with van der Waals surface area (Å²) < 4.78 is 5.68. The largest absolute Gasteiger partial charge is 0.457 e.